The van der Waals surface area contributed by atoms with Crippen molar-refractivity contribution in [2.75, 3.05) is 19.8 Å². The maximum Gasteiger partial charge on any atom is 0.306 e. The third-order valence-electron chi connectivity index (χ3n) is 9.28. The normalized spacial score (nSPS) is 21.4. The molecular formula is C42H74O10. The smallest absolute Gasteiger partial charge is 0.306 e. The highest BCUT2D eigenvalue weighted by atomic mass is 16.7. The van der Waals surface area contributed by atoms with Gasteiger partial charge in [0.25, 0.3) is 0 Å². The van der Waals surface area contributed by atoms with Crippen molar-refractivity contribution in [3.63, 3.8) is 0 Å². The van der Waals surface area contributed by atoms with Crippen molar-refractivity contribution in [1.82, 2.24) is 0 Å². The fourth-order valence-corrected chi connectivity index (χ4v) is 5.96. The number of hydrogen-bond donors (Lipinski definition) is 4. The molecule has 4 N–H and O–H groups in total. The van der Waals surface area contributed by atoms with Crippen molar-refractivity contribution in [1.29, 1.82) is 0 Å². The number of rotatable bonds is 33. The molecule has 0 bridgehead atoms. The van der Waals surface area contributed by atoms with E-state index in [1.54, 1.807) is 0 Å². The molecule has 52 heavy (non-hydrogen) atoms. The zero-order valence-electron chi connectivity index (χ0n) is 32.6. The highest BCUT2D eigenvalue weighted by Crippen LogP contribution is 2.22. The molecule has 1 saturated heterocycles. The Morgan fingerprint density at radius 2 is 1.08 bits per heavy atom. The maximum atomic E-state index is 12.7. The van der Waals surface area contributed by atoms with Crippen molar-refractivity contribution in [2.45, 2.75) is 198 Å². The molecule has 10 heteroatoms. The van der Waals surface area contributed by atoms with Crippen LogP contribution in [0.1, 0.15) is 162 Å². The first-order valence-electron chi connectivity index (χ1n) is 20.6. The molecule has 0 aromatic carbocycles. The molecule has 1 rings (SSSR count). The third-order valence-corrected chi connectivity index (χ3v) is 9.28. The first-order valence-corrected chi connectivity index (χ1v) is 20.6. The molecule has 10 nitrogen and oxygen atoms in total. The van der Waals surface area contributed by atoms with Gasteiger partial charge >= 0.3 is 11.9 Å². The number of allylic oxidation sites excluding steroid dienone is 6. The predicted octanol–water partition coefficient (Wildman–Crippen LogP) is 7.94. The monoisotopic (exact) mass is 739 g/mol. The van der Waals surface area contributed by atoms with Gasteiger partial charge in [-0.05, 0) is 51.4 Å². The van der Waals surface area contributed by atoms with Gasteiger partial charge in [0, 0.05) is 12.8 Å². The van der Waals surface area contributed by atoms with Gasteiger partial charge in [-0.3, -0.25) is 9.59 Å². The Labute approximate surface area is 315 Å². The van der Waals surface area contributed by atoms with Crippen molar-refractivity contribution in [3.05, 3.63) is 36.5 Å². The number of ether oxygens (including phenoxy) is 4. The van der Waals surface area contributed by atoms with Crippen LogP contribution >= 0.6 is 0 Å². The first-order chi connectivity index (χ1) is 25.3. The van der Waals surface area contributed by atoms with E-state index < -0.39 is 49.4 Å². The maximum absolute atomic E-state index is 12.7. The van der Waals surface area contributed by atoms with Gasteiger partial charge in [-0.15, -0.1) is 0 Å². The fourth-order valence-electron chi connectivity index (χ4n) is 5.96. The summed E-state index contributed by atoms with van der Waals surface area (Å²) in [5.74, 6) is -0.827. The lowest BCUT2D eigenvalue weighted by Gasteiger charge is -2.39. The minimum Gasteiger partial charge on any atom is -0.462 e. The van der Waals surface area contributed by atoms with E-state index in [-0.39, 0.29) is 32.0 Å². The second kappa shape index (κ2) is 33.5. The summed E-state index contributed by atoms with van der Waals surface area (Å²) >= 11 is 0. The van der Waals surface area contributed by atoms with Gasteiger partial charge in [0.2, 0.25) is 0 Å². The summed E-state index contributed by atoms with van der Waals surface area (Å²) in [7, 11) is 0. The number of hydrogen-bond acceptors (Lipinski definition) is 10. The zero-order chi connectivity index (χ0) is 38.1. The molecule has 1 fully saturated rings. The van der Waals surface area contributed by atoms with Gasteiger partial charge in [-0.2, -0.15) is 0 Å². The summed E-state index contributed by atoms with van der Waals surface area (Å²) in [5, 5.41) is 39.9. The summed E-state index contributed by atoms with van der Waals surface area (Å²) in [6.07, 6.45) is 28.8. The lowest BCUT2D eigenvalue weighted by Crippen LogP contribution is -2.59. The second-order valence-corrected chi connectivity index (χ2v) is 14.1. The molecule has 1 aliphatic heterocycles. The number of aliphatic hydroxyl groups is 4. The Hall–Kier alpha value is -2.08. The first kappa shape index (κ1) is 47.9. The van der Waals surface area contributed by atoms with Crippen molar-refractivity contribution in [2.24, 2.45) is 0 Å². The van der Waals surface area contributed by atoms with E-state index in [2.05, 4.69) is 50.3 Å². The highest BCUT2D eigenvalue weighted by molar-refractivity contribution is 5.70. The van der Waals surface area contributed by atoms with E-state index in [9.17, 15) is 30.0 Å². The van der Waals surface area contributed by atoms with Gasteiger partial charge in [0.05, 0.1) is 13.2 Å². The lowest BCUT2D eigenvalue weighted by atomic mass is 9.99. The number of unbranched alkanes of at least 4 members (excludes halogenated alkanes) is 16. The Balaban J connectivity index is 2.34. The molecule has 0 radical (unpaired) electrons. The topological polar surface area (TPSA) is 152 Å². The van der Waals surface area contributed by atoms with Crippen LogP contribution in [0.5, 0.6) is 0 Å². The van der Waals surface area contributed by atoms with Crippen molar-refractivity contribution in [3.8, 4) is 0 Å². The van der Waals surface area contributed by atoms with Crippen LogP contribution in [0.15, 0.2) is 36.5 Å². The van der Waals surface area contributed by atoms with Crippen LogP contribution in [0.3, 0.4) is 0 Å². The molecule has 6 atom stereocenters. The van der Waals surface area contributed by atoms with E-state index in [1.807, 2.05) is 0 Å². The molecule has 0 saturated carbocycles. The number of carbonyl (C=O) groups is 2. The fraction of sp³-hybridized carbons (Fsp3) is 0.810. The van der Waals surface area contributed by atoms with Crippen LogP contribution in [-0.2, 0) is 28.5 Å². The molecule has 1 heterocycles. The van der Waals surface area contributed by atoms with Gasteiger partial charge in [-0.1, -0.05) is 134 Å². The SMILES string of the molecule is CCCCC/C=C\C/C=C\C/C=C\CCCCCCCCC(=O)OC(COC(=O)CCCCCCCCCC)COC1OC(CO)C(O)C(O)C1O. The second-order valence-electron chi connectivity index (χ2n) is 14.1. The van der Waals surface area contributed by atoms with Crippen LogP contribution in [-0.4, -0.2) is 89.0 Å². The summed E-state index contributed by atoms with van der Waals surface area (Å²) in [6.45, 7) is 3.33. The molecule has 0 amide bonds. The molecule has 0 aliphatic carbocycles. The van der Waals surface area contributed by atoms with Gasteiger partial charge in [0.15, 0.2) is 12.4 Å². The molecule has 0 aromatic heterocycles. The molecular weight excluding hydrogens is 664 g/mol. The van der Waals surface area contributed by atoms with E-state index in [0.29, 0.717) is 6.42 Å². The molecule has 1 aliphatic rings. The quantitative estimate of drug-likeness (QED) is 0.0297. The average molecular weight is 739 g/mol. The Kier molecular flexibility index (Phi) is 30.9. The minimum atomic E-state index is -1.59. The van der Waals surface area contributed by atoms with Crippen LogP contribution in [0.2, 0.25) is 0 Å². The van der Waals surface area contributed by atoms with E-state index >= 15 is 0 Å². The zero-order valence-corrected chi connectivity index (χ0v) is 32.6. The average Bonchev–Trinajstić information content (AvgIpc) is 3.14. The van der Waals surface area contributed by atoms with Gasteiger partial charge in [0.1, 0.15) is 31.0 Å². The Morgan fingerprint density at radius 1 is 0.596 bits per heavy atom. The molecule has 6 unspecified atom stereocenters. The molecule has 0 spiro atoms. The number of esters is 2. The lowest BCUT2D eigenvalue weighted by molar-refractivity contribution is -0.305. The third kappa shape index (κ3) is 25.0. The number of aliphatic hydroxyl groups excluding tert-OH is 4. The van der Waals surface area contributed by atoms with Crippen molar-refractivity contribution >= 4 is 11.9 Å². The summed E-state index contributed by atoms with van der Waals surface area (Å²) in [6, 6.07) is 0. The summed E-state index contributed by atoms with van der Waals surface area (Å²) in [4.78, 5) is 25.1. The van der Waals surface area contributed by atoms with Crippen LogP contribution in [0, 0.1) is 0 Å². The predicted molar refractivity (Wildman–Crippen MR) is 206 cm³/mol. The largest absolute Gasteiger partial charge is 0.462 e. The minimum absolute atomic E-state index is 0.216. The Bertz CT molecular complexity index is 949. The standard InChI is InChI=1S/C42H74O10/c1-3-5-7-9-11-13-14-15-16-17-18-19-20-21-22-23-25-27-29-31-38(45)51-35(33-49-37(44)30-28-26-24-12-10-8-6-4-2)34-50-42-41(48)40(47)39(46)36(32-43)52-42/h11,13,15-16,18-19,35-36,39-43,46-48H,3-10,12,14,17,20-34H2,1-2H3/b13-11-,16-15-,19-18-. The number of carbonyl (C=O) groups excluding carboxylic acids is 2. The van der Waals surface area contributed by atoms with Crippen LogP contribution in [0.4, 0.5) is 0 Å². The summed E-state index contributed by atoms with van der Waals surface area (Å²) < 4.78 is 22.0. The van der Waals surface area contributed by atoms with Crippen LogP contribution < -0.4 is 0 Å². The Morgan fingerprint density at radius 3 is 1.65 bits per heavy atom. The van der Waals surface area contributed by atoms with Crippen LogP contribution in [0.25, 0.3) is 0 Å². The molecule has 302 valence electrons. The highest BCUT2D eigenvalue weighted by Gasteiger charge is 2.44. The molecule has 0 aromatic rings. The van der Waals surface area contributed by atoms with Crippen molar-refractivity contribution < 1.29 is 49.0 Å². The van der Waals surface area contributed by atoms with E-state index in [4.69, 9.17) is 18.9 Å². The van der Waals surface area contributed by atoms with E-state index in [1.165, 1.54) is 51.4 Å². The summed E-state index contributed by atoms with van der Waals surface area (Å²) in [5.41, 5.74) is 0. The van der Waals surface area contributed by atoms with E-state index in [0.717, 1.165) is 77.0 Å². The van der Waals surface area contributed by atoms with Gasteiger partial charge < -0.3 is 39.4 Å². The van der Waals surface area contributed by atoms with Gasteiger partial charge in [-0.25, -0.2) is 0 Å².